The van der Waals surface area contributed by atoms with Gasteiger partial charge in [0.15, 0.2) is 16.6 Å². The lowest BCUT2D eigenvalue weighted by Crippen LogP contribution is -2.44. The molecule has 1 fully saturated rings. The molecule has 10 heteroatoms. The van der Waals surface area contributed by atoms with Crippen molar-refractivity contribution in [2.45, 2.75) is 18.9 Å². The van der Waals surface area contributed by atoms with Gasteiger partial charge < -0.3 is 24.4 Å². The number of rotatable bonds is 7. The fourth-order valence-electron chi connectivity index (χ4n) is 3.67. The second-order valence-electron chi connectivity index (χ2n) is 7.13. The van der Waals surface area contributed by atoms with Crippen molar-refractivity contribution in [1.82, 2.24) is 20.5 Å². The standard InChI is InChI=1S/C21H25N5O4S/c1-28-17-10-13(11-18(29-2)19(17)30-3)15-12-16(25-24-15)20(27)23-14-4-7-26(8-5-14)21-22-6-9-31-21/h6,9-12,14H,4-5,7-8H2,1-3H3,(H,23,27)(H,24,25). The highest BCUT2D eigenvalue weighted by molar-refractivity contribution is 7.13. The average Bonchev–Trinajstić information content (AvgIpc) is 3.51. The van der Waals surface area contributed by atoms with E-state index in [1.54, 1.807) is 50.9 Å². The zero-order valence-corrected chi connectivity index (χ0v) is 18.5. The molecule has 1 aliphatic heterocycles. The van der Waals surface area contributed by atoms with Crippen LogP contribution < -0.4 is 24.4 Å². The first kappa shape index (κ1) is 21.0. The predicted molar refractivity (Wildman–Crippen MR) is 118 cm³/mol. The highest BCUT2D eigenvalue weighted by Gasteiger charge is 2.23. The van der Waals surface area contributed by atoms with Gasteiger partial charge in [-0.3, -0.25) is 9.89 Å². The lowest BCUT2D eigenvalue weighted by Gasteiger charge is -2.32. The van der Waals surface area contributed by atoms with Crippen LogP contribution in [-0.2, 0) is 0 Å². The van der Waals surface area contributed by atoms with Gasteiger partial charge in [0.1, 0.15) is 5.69 Å². The number of ether oxygens (including phenoxy) is 3. The molecule has 0 radical (unpaired) electrons. The average molecular weight is 444 g/mol. The van der Waals surface area contributed by atoms with Crippen molar-refractivity contribution in [1.29, 1.82) is 0 Å². The summed E-state index contributed by atoms with van der Waals surface area (Å²) in [5.74, 6) is 1.39. The SMILES string of the molecule is COc1cc(-c2cc(C(=O)NC3CCN(c4nccs4)CC3)[nH]n2)cc(OC)c1OC. The number of nitrogens with zero attached hydrogens (tertiary/aromatic N) is 3. The number of benzene rings is 1. The number of anilines is 1. The summed E-state index contributed by atoms with van der Waals surface area (Å²) in [6.45, 7) is 1.75. The van der Waals surface area contributed by atoms with E-state index in [4.69, 9.17) is 14.2 Å². The number of hydrogen-bond acceptors (Lipinski definition) is 8. The van der Waals surface area contributed by atoms with Crippen LogP contribution in [0, 0.1) is 0 Å². The zero-order valence-electron chi connectivity index (χ0n) is 17.7. The third kappa shape index (κ3) is 4.43. The zero-order chi connectivity index (χ0) is 21.8. The minimum atomic E-state index is -0.168. The first-order chi connectivity index (χ1) is 15.1. The number of nitrogens with one attached hydrogen (secondary N) is 2. The van der Waals surface area contributed by atoms with Crippen LogP contribution in [-0.4, -0.2) is 61.5 Å². The van der Waals surface area contributed by atoms with E-state index < -0.39 is 0 Å². The van der Waals surface area contributed by atoms with E-state index in [-0.39, 0.29) is 11.9 Å². The number of carbonyl (C=O) groups excluding carboxylic acids is 1. The number of thiazole rings is 1. The molecule has 9 nitrogen and oxygen atoms in total. The Hall–Kier alpha value is -3.27. The second-order valence-corrected chi connectivity index (χ2v) is 8.00. The molecule has 164 valence electrons. The quantitative estimate of drug-likeness (QED) is 0.579. The summed E-state index contributed by atoms with van der Waals surface area (Å²) in [5, 5.41) is 13.3. The molecule has 2 aromatic heterocycles. The molecule has 1 amide bonds. The summed E-state index contributed by atoms with van der Waals surface area (Å²) in [6.07, 6.45) is 3.57. The molecule has 2 N–H and O–H groups in total. The summed E-state index contributed by atoms with van der Waals surface area (Å²) in [6, 6.07) is 5.44. The first-order valence-electron chi connectivity index (χ1n) is 9.94. The highest BCUT2D eigenvalue weighted by Crippen LogP contribution is 2.40. The van der Waals surface area contributed by atoms with Crippen LogP contribution in [0.2, 0.25) is 0 Å². The molecule has 31 heavy (non-hydrogen) atoms. The van der Waals surface area contributed by atoms with Gasteiger partial charge in [-0.1, -0.05) is 0 Å². The molecule has 0 bridgehead atoms. The number of H-pyrrole nitrogens is 1. The molecular formula is C21H25N5O4S. The molecule has 3 aromatic rings. The fraction of sp³-hybridized carbons (Fsp3) is 0.381. The van der Waals surface area contributed by atoms with Gasteiger partial charge in [0.05, 0.1) is 27.0 Å². The van der Waals surface area contributed by atoms with Crippen molar-refractivity contribution in [2.24, 2.45) is 0 Å². The van der Waals surface area contributed by atoms with E-state index >= 15 is 0 Å². The molecule has 0 aliphatic carbocycles. The Kier molecular flexibility index (Phi) is 6.26. The molecule has 1 aromatic carbocycles. The maximum absolute atomic E-state index is 12.7. The van der Waals surface area contributed by atoms with Gasteiger partial charge in [0.2, 0.25) is 5.75 Å². The van der Waals surface area contributed by atoms with Crippen LogP contribution in [0.25, 0.3) is 11.3 Å². The third-order valence-corrected chi connectivity index (χ3v) is 6.14. The Labute approximate surface area is 184 Å². The van der Waals surface area contributed by atoms with Gasteiger partial charge in [-0.25, -0.2) is 4.98 Å². The summed E-state index contributed by atoms with van der Waals surface area (Å²) in [5.41, 5.74) is 1.77. The first-order valence-corrected chi connectivity index (χ1v) is 10.8. The van der Waals surface area contributed by atoms with Crippen molar-refractivity contribution < 1.29 is 19.0 Å². The molecule has 0 unspecified atom stereocenters. The van der Waals surface area contributed by atoms with Crippen LogP contribution in [0.5, 0.6) is 17.2 Å². The molecule has 3 heterocycles. The lowest BCUT2D eigenvalue weighted by atomic mass is 10.1. The summed E-state index contributed by atoms with van der Waals surface area (Å²) in [7, 11) is 4.67. The van der Waals surface area contributed by atoms with Gasteiger partial charge in [-0.15, -0.1) is 11.3 Å². The van der Waals surface area contributed by atoms with Gasteiger partial charge >= 0.3 is 0 Å². The summed E-state index contributed by atoms with van der Waals surface area (Å²) < 4.78 is 16.2. The largest absolute Gasteiger partial charge is 0.493 e. The maximum atomic E-state index is 12.7. The van der Waals surface area contributed by atoms with Crippen molar-refractivity contribution in [2.75, 3.05) is 39.3 Å². The smallest absolute Gasteiger partial charge is 0.269 e. The van der Waals surface area contributed by atoms with E-state index in [9.17, 15) is 4.79 Å². The van der Waals surface area contributed by atoms with E-state index in [1.165, 1.54) is 0 Å². The van der Waals surface area contributed by atoms with Crippen molar-refractivity contribution >= 4 is 22.4 Å². The molecular weight excluding hydrogens is 418 g/mol. The van der Waals surface area contributed by atoms with Gasteiger partial charge in [0, 0.05) is 36.3 Å². The van der Waals surface area contributed by atoms with E-state index in [0.29, 0.717) is 28.6 Å². The van der Waals surface area contributed by atoms with Gasteiger partial charge in [0.25, 0.3) is 5.91 Å². The Morgan fingerprint density at radius 1 is 1.13 bits per heavy atom. The number of methoxy groups -OCH3 is 3. The molecule has 1 aliphatic rings. The number of amides is 1. The Morgan fingerprint density at radius 3 is 2.42 bits per heavy atom. The number of aromatic amines is 1. The van der Waals surface area contributed by atoms with Crippen molar-refractivity contribution in [3.05, 3.63) is 35.5 Å². The summed E-state index contributed by atoms with van der Waals surface area (Å²) in [4.78, 5) is 19.4. The number of aromatic nitrogens is 3. The monoisotopic (exact) mass is 443 g/mol. The van der Waals surface area contributed by atoms with Crippen LogP contribution in [0.3, 0.4) is 0 Å². The third-order valence-electron chi connectivity index (χ3n) is 5.30. The maximum Gasteiger partial charge on any atom is 0.269 e. The molecule has 0 spiro atoms. The van der Waals surface area contributed by atoms with Crippen molar-refractivity contribution in [3.63, 3.8) is 0 Å². The molecule has 1 saturated heterocycles. The minimum Gasteiger partial charge on any atom is -0.493 e. The van der Waals surface area contributed by atoms with Crippen LogP contribution in [0.15, 0.2) is 29.8 Å². The van der Waals surface area contributed by atoms with Crippen LogP contribution in [0.4, 0.5) is 5.13 Å². The second kappa shape index (κ2) is 9.25. The van der Waals surface area contributed by atoms with Crippen LogP contribution >= 0.6 is 11.3 Å². The Balaban J connectivity index is 1.42. The summed E-state index contributed by atoms with van der Waals surface area (Å²) >= 11 is 1.64. The van der Waals surface area contributed by atoms with E-state index in [0.717, 1.165) is 36.6 Å². The molecule has 0 atom stereocenters. The van der Waals surface area contributed by atoms with Crippen LogP contribution in [0.1, 0.15) is 23.3 Å². The fourth-order valence-corrected chi connectivity index (χ4v) is 4.36. The lowest BCUT2D eigenvalue weighted by molar-refractivity contribution is 0.0926. The van der Waals surface area contributed by atoms with E-state index in [2.05, 4.69) is 25.4 Å². The van der Waals surface area contributed by atoms with E-state index in [1.807, 2.05) is 11.6 Å². The normalized spacial score (nSPS) is 14.4. The number of hydrogen-bond donors (Lipinski definition) is 2. The molecule has 4 rings (SSSR count). The molecule has 0 saturated carbocycles. The number of carbonyl (C=O) groups is 1. The topological polar surface area (TPSA) is 102 Å². The Bertz CT molecular complexity index is 1000. The predicted octanol–water partition coefficient (Wildman–Crippen LogP) is 2.96. The number of piperidine rings is 1. The Morgan fingerprint density at radius 2 is 1.84 bits per heavy atom. The van der Waals surface area contributed by atoms with Gasteiger partial charge in [-0.2, -0.15) is 5.10 Å². The highest BCUT2D eigenvalue weighted by atomic mass is 32.1. The minimum absolute atomic E-state index is 0.122. The van der Waals surface area contributed by atoms with Gasteiger partial charge in [-0.05, 0) is 31.0 Å². The van der Waals surface area contributed by atoms with Crippen molar-refractivity contribution in [3.8, 4) is 28.5 Å².